The van der Waals surface area contributed by atoms with E-state index in [2.05, 4.69) is 28.9 Å². The van der Waals surface area contributed by atoms with E-state index >= 15 is 0 Å². The van der Waals surface area contributed by atoms with Crippen LogP contribution in [0.15, 0.2) is 12.1 Å². The number of aliphatic hydroxyl groups is 1. The Morgan fingerprint density at radius 3 is 2.79 bits per heavy atom. The fourth-order valence-electron chi connectivity index (χ4n) is 2.35. The Balaban J connectivity index is 1.57. The van der Waals surface area contributed by atoms with E-state index in [1.807, 2.05) is 11.3 Å². The van der Waals surface area contributed by atoms with E-state index in [1.54, 1.807) is 0 Å². The van der Waals surface area contributed by atoms with Gasteiger partial charge in [-0.15, -0.1) is 11.3 Å². The highest BCUT2D eigenvalue weighted by atomic mass is 32.1. The van der Waals surface area contributed by atoms with E-state index in [1.165, 1.54) is 37.1 Å². The number of hydrogen-bond acceptors (Lipinski definition) is 3. The standard InChI is InChI=1S/C16H21NOS/c18-10-2-1-3-15-8-9-16(19-15)12-17(14-6-7-14)11-13-4-5-13/h8-9,13-14,18H,2,4-7,10-12H2. The predicted molar refractivity (Wildman–Crippen MR) is 79.1 cm³/mol. The van der Waals surface area contributed by atoms with Crippen molar-refractivity contribution < 1.29 is 5.11 Å². The van der Waals surface area contributed by atoms with Gasteiger partial charge in [0.15, 0.2) is 0 Å². The summed E-state index contributed by atoms with van der Waals surface area (Å²) in [5, 5.41) is 8.72. The summed E-state index contributed by atoms with van der Waals surface area (Å²) in [5.41, 5.74) is 0. The Morgan fingerprint density at radius 1 is 1.26 bits per heavy atom. The number of thiophene rings is 1. The van der Waals surface area contributed by atoms with Crippen LogP contribution < -0.4 is 0 Å². The zero-order valence-electron chi connectivity index (χ0n) is 11.3. The smallest absolute Gasteiger partial charge is 0.0771 e. The second-order valence-electron chi connectivity index (χ2n) is 5.65. The summed E-state index contributed by atoms with van der Waals surface area (Å²) >= 11 is 1.81. The fourth-order valence-corrected chi connectivity index (χ4v) is 3.26. The first-order valence-corrected chi connectivity index (χ1v) is 8.09. The Morgan fingerprint density at radius 2 is 2.11 bits per heavy atom. The molecular weight excluding hydrogens is 254 g/mol. The molecule has 0 unspecified atom stereocenters. The molecule has 102 valence electrons. The zero-order valence-corrected chi connectivity index (χ0v) is 12.1. The molecule has 0 aromatic carbocycles. The largest absolute Gasteiger partial charge is 0.395 e. The summed E-state index contributed by atoms with van der Waals surface area (Å²) in [5.74, 6) is 7.10. The van der Waals surface area contributed by atoms with Gasteiger partial charge >= 0.3 is 0 Å². The van der Waals surface area contributed by atoms with Crippen molar-refractivity contribution in [2.45, 2.75) is 44.7 Å². The van der Waals surface area contributed by atoms with Gasteiger partial charge in [-0.3, -0.25) is 4.90 Å². The lowest BCUT2D eigenvalue weighted by Gasteiger charge is -2.20. The summed E-state index contributed by atoms with van der Waals surface area (Å²) in [6.07, 6.45) is 6.22. The monoisotopic (exact) mass is 275 g/mol. The van der Waals surface area contributed by atoms with Gasteiger partial charge in [-0.25, -0.2) is 0 Å². The van der Waals surface area contributed by atoms with Gasteiger partial charge in [0.1, 0.15) is 0 Å². The fraction of sp³-hybridized carbons (Fsp3) is 0.625. The number of nitrogens with zero attached hydrogens (tertiary/aromatic N) is 1. The molecule has 3 heteroatoms. The molecule has 3 rings (SSSR count). The third-order valence-corrected chi connectivity index (χ3v) is 4.71. The van der Waals surface area contributed by atoms with Gasteiger partial charge in [0, 0.05) is 30.4 Å². The quantitative estimate of drug-likeness (QED) is 0.807. The summed E-state index contributed by atoms with van der Waals surface area (Å²) in [6, 6.07) is 5.19. The molecule has 0 saturated heterocycles. The van der Waals surface area contributed by atoms with Crippen molar-refractivity contribution in [2.75, 3.05) is 13.2 Å². The zero-order chi connectivity index (χ0) is 13.1. The summed E-state index contributed by atoms with van der Waals surface area (Å²) in [4.78, 5) is 5.24. The lowest BCUT2D eigenvalue weighted by atomic mass is 10.3. The summed E-state index contributed by atoms with van der Waals surface area (Å²) in [7, 11) is 0. The molecule has 0 spiro atoms. The molecule has 1 N–H and O–H groups in total. The van der Waals surface area contributed by atoms with Crippen LogP contribution in [0.25, 0.3) is 0 Å². The Bertz CT molecular complexity index is 476. The average molecular weight is 275 g/mol. The van der Waals surface area contributed by atoms with Crippen molar-refractivity contribution in [1.29, 1.82) is 0 Å². The average Bonchev–Trinajstić information content (AvgIpc) is 3.30. The first kappa shape index (κ1) is 13.2. The van der Waals surface area contributed by atoms with Crippen LogP contribution in [0.5, 0.6) is 0 Å². The third-order valence-electron chi connectivity index (χ3n) is 3.72. The maximum atomic E-state index is 8.72. The molecule has 2 fully saturated rings. The van der Waals surface area contributed by atoms with Gasteiger partial charge in [-0.2, -0.15) is 0 Å². The van der Waals surface area contributed by atoms with Gasteiger partial charge < -0.3 is 5.11 Å². The molecule has 2 aliphatic carbocycles. The molecule has 19 heavy (non-hydrogen) atoms. The summed E-state index contributed by atoms with van der Waals surface area (Å²) < 4.78 is 0. The van der Waals surface area contributed by atoms with E-state index in [-0.39, 0.29) is 6.61 Å². The SMILES string of the molecule is OCCC#Cc1ccc(CN(CC2CC2)C2CC2)s1. The van der Waals surface area contributed by atoms with Crippen molar-refractivity contribution in [2.24, 2.45) is 5.92 Å². The molecule has 1 aromatic rings. The third kappa shape index (κ3) is 4.07. The highest BCUT2D eigenvalue weighted by Crippen LogP contribution is 2.36. The van der Waals surface area contributed by atoms with E-state index in [0.29, 0.717) is 6.42 Å². The number of aliphatic hydroxyl groups excluding tert-OH is 1. The lowest BCUT2D eigenvalue weighted by molar-refractivity contribution is 0.246. The van der Waals surface area contributed by atoms with Crippen molar-refractivity contribution >= 4 is 11.3 Å². The predicted octanol–water partition coefficient (Wildman–Crippen LogP) is 2.86. The maximum Gasteiger partial charge on any atom is 0.0771 e. The normalized spacial score (nSPS) is 18.4. The minimum Gasteiger partial charge on any atom is -0.395 e. The molecule has 0 aliphatic heterocycles. The van der Waals surface area contributed by atoms with Gasteiger partial charge in [-0.05, 0) is 43.7 Å². The summed E-state index contributed by atoms with van der Waals surface area (Å²) in [6.45, 7) is 2.56. The molecular formula is C16H21NOS. The molecule has 0 radical (unpaired) electrons. The second kappa shape index (κ2) is 6.09. The minimum atomic E-state index is 0.155. The highest BCUT2D eigenvalue weighted by molar-refractivity contribution is 7.12. The van der Waals surface area contributed by atoms with Crippen LogP contribution in [-0.4, -0.2) is 29.2 Å². The van der Waals surface area contributed by atoms with E-state index in [0.717, 1.165) is 23.4 Å². The molecule has 0 amide bonds. The van der Waals surface area contributed by atoms with Crippen molar-refractivity contribution in [3.63, 3.8) is 0 Å². The molecule has 2 aliphatic rings. The first-order valence-electron chi connectivity index (χ1n) is 7.27. The van der Waals surface area contributed by atoms with Gasteiger partial charge in [-0.1, -0.05) is 11.8 Å². The first-order chi connectivity index (χ1) is 9.35. The van der Waals surface area contributed by atoms with Gasteiger partial charge in [0.25, 0.3) is 0 Å². The van der Waals surface area contributed by atoms with Crippen LogP contribution in [0.1, 0.15) is 41.9 Å². The van der Waals surface area contributed by atoms with Crippen molar-refractivity contribution in [3.8, 4) is 11.8 Å². The Kier molecular flexibility index (Phi) is 4.22. The maximum absolute atomic E-state index is 8.72. The Hall–Kier alpha value is -0.820. The van der Waals surface area contributed by atoms with Gasteiger partial charge in [0.05, 0.1) is 11.5 Å². The van der Waals surface area contributed by atoms with Crippen LogP contribution in [0, 0.1) is 17.8 Å². The van der Waals surface area contributed by atoms with Crippen LogP contribution in [0.2, 0.25) is 0 Å². The van der Waals surface area contributed by atoms with Crippen LogP contribution >= 0.6 is 11.3 Å². The van der Waals surface area contributed by atoms with Crippen molar-refractivity contribution in [3.05, 3.63) is 21.9 Å². The lowest BCUT2D eigenvalue weighted by Crippen LogP contribution is -2.27. The molecule has 2 nitrogen and oxygen atoms in total. The molecule has 1 heterocycles. The van der Waals surface area contributed by atoms with E-state index in [4.69, 9.17) is 5.11 Å². The van der Waals surface area contributed by atoms with E-state index in [9.17, 15) is 0 Å². The van der Waals surface area contributed by atoms with E-state index < -0.39 is 0 Å². The van der Waals surface area contributed by atoms with Crippen molar-refractivity contribution in [1.82, 2.24) is 4.90 Å². The number of rotatable bonds is 6. The van der Waals surface area contributed by atoms with Gasteiger partial charge in [0.2, 0.25) is 0 Å². The molecule has 2 saturated carbocycles. The van der Waals surface area contributed by atoms with Crippen LogP contribution in [0.3, 0.4) is 0 Å². The second-order valence-corrected chi connectivity index (χ2v) is 6.81. The topological polar surface area (TPSA) is 23.5 Å². The van der Waals surface area contributed by atoms with Crippen LogP contribution in [0.4, 0.5) is 0 Å². The molecule has 0 atom stereocenters. The minimum absolute atomic E-state index is 0.155. The molecule has 1 aromatic heterocycles. The highest BCUT2D eigenvalue weighted by Gasteiger charge is 2.33. The van der Waals surface area contributed by atoms with Crippen LogP contribution in [-0.2, 0) is 6.54 Å². The molecule has 0 bridgehead atoms. The Labute approximate surface area is 119 Å². The number of hydrogen-bond donors (Lipinski definition) is 1.